The molecule has 3 amide bonds. The number of rotatable bonds is 10. The molecule has 3 rings (SSSR count). The fourth-order valence-corrected chi connectivity index (χ4v) is 3.90. The average molecular weight is 485 g/mol. The van der Waals surface area contributed by atoms with Gasteiger partial charge in [-0.05, 0) is 72.6 Å². The van der Waals surface area contributed by atoms with Crippen molar-refractivity contribution in [3.63, 3.8) is 0 Å². The lowest BCUT2D eigenvalue weighted by Gasteiger charge is -2.14. The van der Waals surface area contributed by atoms with E-state index in [1.54, 1.807) is 55.7 Å². The van der Waals surface area contributed by atoms with Gasteiger partial charge in [0.05, 0.1) is 25.2 Å². The lowest BCUT2D eigenvalue weighted by molar-refractivity contribution is -0.127. The Bertz CT molecular complexity index is 1080. The third kappa shape index (κ3) is 6.54. The Balaban J connectivity index is 1.69. The van der Waals surface area contributed by atoms with Crippen molar-refractivity contribution in [3.05, 3.63) is 52.9 Å². The summed E-state index contributed by atoms with van der Waals surface area (Å²) in [6.07, 6.45) is 1.61. The highest BCUT2D eigenvalue weighted by Crippen LogP contribution is 2.34. The van der Waals surface area contributed by atoms with E-state index in [2.05, 4.69) is 19.2 Å². The van der Waals surface area contributed by atoms with E-state index >= 15 is 0 Å². The molecule has 9 heteroatoms. The lowest BCUT2D eigenvalue weighted by Crippen LogP contribution is -2.36. The van der Waals surface area contributed by atoms with Gasteiger partial charge in [0.2, 0.25) is 5.91 Å². The fourth-order valence-electron chi connectivity index (χ4n) is 3.06. The highest BCUT2D eigenvalue weighted by atomic mass is 32.2. The van der Waals surface area contributed by atoms with E-state index in [0.717, 1.165) is 16.7 Å². The number of nitrogens with zero attached hydrogens (tertiary/aromatic N) is 1. The van der Waals surface area contributed by atoms with Gasteiger partial charge in [0.15, 0.2) is 11.5 Å². The third-order valence-electron chi connectivity index (χ3n) is 4.69. The van der Waals surface area contributed by atoms with Crippen LogP contribution in [0, 0.1) is 5.92 Å². The number of methoxy groups -OCH3 is 1. The first-order valence-electron chi connectivity index (χ1n) is 10.9. The zero-order valence-electron chi connectivity index (χ0n) is 19.6. The Morgan fingerprint density at radius 3 is 2.47 bits per heavy atom. The van der Waals surface area contributed by atoms with Gasteiger partial charge in [-0.2, -0.15) is 0 Å². The van der Waals surface area contributed by atoms with Gasteiger partial charge in [-0.1, -0.05) is 19.9 Å². The molecule has 0 unspecified atom stereocenters. The number of carbonyl (C=O) groups is 3. The largest absolute Gasteiger partial charge is 0.497 e. The second kappa shape index (κ2) is 11.6. The summed E-state index contributed by atoms with van der Waals surface area (Å²) in [6, 6.07) is 12.1. The first-order chi connectivity index (χ1) is 16.3. The van der Waals surface area contributed by atoms with Crippen molar-refractivity contribution in [3.8, 4) is 17.2 Å². The van der Waals surface area contributed by atoms with Crippen LogP contribution < -0.4 is 19.5 Å². The Hall–Kier alpha value is -3.46. The van der Waals surface area contributed by atoms with Crippen molar-refractivity contribution in [1.29, 1.82) is 0 Å². The summed E-state index contributed by atoms with van der Waals surface area (Å²) in [5, 5.41) is 2.18. The minimum Gasteiger partial charge on any atom is -0.497 e. The van der Waals surface area contributed by atoms with Crippen molar-refractivity contribution in [1.82, 2.24) is 4.90 Å². The Labute approximate surface area is 203 Å². The van der Waals surface area contributed by atoms with E-state index in [1.807, 2.05) is 6.92 Å². The molecule has 1 aliphatic rings. The van der Waals surface area contributed by atoms with Crippen LogP contribution in [-0.2, 0) is 9.59 Å². The number of carbonyl (C=O) groups excluding carboxylic acids is 3. The minimum atomic E-state index is -0.516. The molecule has 1 aliphatic heterocycles. The molecule has 1 heterocycles. The summed E-state index contributed by atoms with van der Waals surface area (Å²) in [5.74, 6) is 1.21. The maximum absolute atomic E-state index is 12.8. The van der Waals surface area contributed by atoms with Crippen molar-refractivity contribution in [2.45, 2.75) is 20.8 Å². The van der Waals surface area contributed by atoms with Crippen molar-refractivity contribution < 1.29 is 28.6 Å². The van der Waals surface area contributed by atoms with Crippen LogP contribution in [0.2, 0.25) is 0 Å². The van der Waals surface area contributed by atoms with Gasteiger partial charge in [-0.3, -0.25) is 19.3 Å². The monoisotopic (exact) mass is 484 g/mol. The number of thioether (sulfide) groups is 1. The van der Waals surface area contributed by atoms with Gasteiger partial charge in [-0.25, -0.2) is 0 Å². The molecule has 0 aromatic heterocycles. The van der Waals surface area contributed by atoms with E-state index in [1.165, 1.54) is 0 Å². The minimum absolute atomic E-state index is 0.237. The molecule has 0 saturated carbocycles. The first kappa shape index (κ1) is 25.2. The maximum Gasteiger partial charge on any atom is 0.294 e. The Kier molecular flexibility index (Phi) is 8.59. The van der Waals surface area contributed by atoms with E-state index < -0.39 is 17.1 Å². The predicted octanol–water partition coefficient (Wildman–Crippen LogP) is 4.80. The molecule has 0 radical (unpaired) electrons. The Morgan fingerprint density at radius 2 is 1.82 bits per heavy atom. The summed E-state index contributed by atoms with van der Waals surface area (Å²) in [6.45, 7) is 6.63. The molecule has 2 aromatic rings. The van der Waals surface area contributed by atoms with Crippen molar-refractivity contribution in [2.24, 2.45) is 5.92 Å². The molecule has 0 spiro atoms. The van der Waals surface area contributed by atoms with Crippen molar-refractivity contribution >= 4 is 40.6 Å². The topological polar surface area (TPSA) is 94.2 Å². The number of imide groups is 1. The first-order valence-corrected chi connectivity index (χ1v) is 11.7. The third-order valence-corrected chi connectivity index (χ3v) is 5.59. The van der Waals surface area contributed by atoms with Crippen LogP contribution in [0.15, 0.2) is 47.4 Å². The number of amides is 3. The average Bonchev–Trinajstić information content (AvgIpc) is 3.06. The number of benzene rings is 2. The highest BCUT2D eigenvalue weighted by molar-refractivity contribution is 8.18. The molecule has 0 atom stereocenters. The summed E-state index contributed by atoms with van der Waals surface area (Å²) in [5.41, 5.74) is 1.23. The van der Waals surface area contributed by atoms with Gasteiger partial charge in [0.1, 0.15) is 12.3 Å². The van der Waals surface area contributed by atoms with Gasteiger partial charge >= 0.3 is 0 Å². The SMILES string of the molecule is CCOc1cc(/C=C2\SC(=O)N(CC(=O)Nc3ccc(OC)cc3)C2=O)ccc1OCC(C)C. The lowest BCUT2D eigenvalue weighted by atomic mass is 10.1. The van der Waals surface area contributed by atoms with E-state index in [4.69, 9.17) is 14.2 Å². The normalized spacial score (nSPS) is 14.6. The molecule has 34 heavy (non-hydrogen) atoms. The molecule has 0 bridgehead atoms. The summed E-state index contributed by atoms with van der Waals surface area (Å²) < 4.78 is 16.6. The molecule has 1 N–H and O–H groups in total. The van der Waals surface area contributed by atoms with Crippen LogP contribution >= 0.6 is 11.8 Å². The van der Waals surface area contributed by atoms with Gasteiger partial charge in [0.25, 0.3) is 11.1 Å². The zero-order valence-corrected chi connectivity index (χ0v) is 20.4. The highest BCUT2D eigenvalue weighted by Gasteiger charge is 2.36. The zero-order chi connectivity index (χ0) is 24.7. The molecule has 2 aromatic carbocycles. The molecule has 180 valence electrons. The fraction of sp³-hybridized carbons (Fsp3) is 0.320. The summed E-state index contributed by atoms with van der Waals surface area (Å²) in [7, 11) is 1.55. The smallest absolute Gasteiger partial charge is 0.294 e. The molecular formula is C25H28N2O6S. The molecule has 1 fully saturated rings. The molecule has 8 nitrogen and oxygen atoms in total. The molecular weight excluding hydrogens is 456 g/mol. The molecule has 1 saturated heterocycles. The predicted molar refractivity (Wildman–Crippen MR) is 132 cm³/mol. The van der Waals surface area contributed by atoms with Crippen LogP contribution in [0.25, 0.3) is 6.08 Å². The van der Waals surface area contributed by atoms with Crippen LogP contribution in [0.4, 0.5) is 10.5 Å². The standard InChI is InChI=1S/C25H28N2O6S/c1-5-32-21-12-17(6-11-20(21)33-15-16(2)3)13-22-24(29)27(25(30)34-22)14-23(28)26-18-7-9-19(31-4)10-8-18/h6-13,16H,5,14-15H2,1-4H3,(H,26,28)/b22-13-. The number of ether oxygens (including phenoxy) is 3. The number of anilines is 1. The van der Waals surface area contributed by atoms with Crippen LogP contribution in [0.5, 0.6) is 17.2 Å². The molecule has 0 aliphatic carbocycles. The van der Waals surface area contributed by atoms with Gasteiger partial charge in [-0.15, -0.1) is 0 Å². The maximum atomic E-state index is 12.8. The van der Waals surface area contributed by atoms with Crippen LogP contribution in [-0.4, -0.2) is 48.8 Å². The van der Waals surface area contributed by atoms with Gasteiger partial charge in [0, 0.05) is 5.69 Å². The Morgan fingerprint density at radius 1 is 1.09 bits per heavy atom. The summed E-state index contributed by atoms with van der Waals surface area (Å²) in [4.78, 5) is 38.8. The quantitative estimate of drug-likeness (QED) is 0.484. The second-order valence-electron chi connectivity index (χ2n) is 7.89. The number of nitrogens with one attached hydrogen (secondary N) is 1. The number of hydrogen-bond acceptors (Lipinski definition) is 7. The van der Waals surface area contributed by atoms with Crippen molar-refractivity contribution in [2.75, 3.05) is 32.2 Å². The number of hydrogen-bond donors (Lipinski definition) is 1. The second-order valence-corrected chi connectivity index (χ2v) is 8.88. The van der Waals surface area contributed by atoms with E-state index in [-0.39, 0.29) is 11.4 Å². The van der Waals surface area contributed by atoms with E-state index in [9.17, 15) is 14.4 Å². The van der Waals surface area contributed by atoms with Crippen LogP contribution in [0.1, 0.15) is 26.3 Å². The van der Waals surface area contributed by atoms with Gasteiger partial charge < -0.3 is 19.5 Å². The van der Waals surface area contributed by atoms with E-state index in [0.29, 0.717) is 47.6 Å². The van der Waals surface area contributed by atoms with Crippen LogP contribution in [0.3, 0.4) is 0 Å². The summed E-state index contributed by atoms with van der Waals surface area (Å²) >= 11 is 0.797.